The van der Waals surface area contributed by atoms with Gasteiger partial charge in [-0.15, -0.1) is 0 Å². The van der Waals surface area contributed by atoms with Gasteiger partial charge in [0.05, 0.1) is 0 Å². The van der Waals surface area contributed by atoms with Crippen LogP contribution in [0.3, 0.4) is 0 Å². The average molecular weight is 264 g/mol. The summed E-state index contributed by atoms with van der Waals surface area (Å²) < 4.78 is 5.57. The summed E-state index contributed by atoms with van der Waals surface area (Å²) in [7, 11) is 0. The summed E-state index contributed by atoms with van der Waals surface area (Å²) in [4.78, 5) is 2.37. The highest BCUT2D eigenvalue weighted by Crippen LogP contribution is 2.27. The lowest BCUT2D eigenvalue weighted by molar-refractivity contribution is 0.0654. The van der Waals surface area contributed by atoms with Gasteiger partial charge in [-0.2, -0.15) is 0 Å². The number of hydrogen-bond acceptors (Lipinski definition) is 4. The van der Waals surface area contributed by atoms with E-state index in [0.29, 0.717) is 19.2 Å². The highest BCUT2D eigenvalue weighted by molar-refractivity contribution is 5.41. The van der Waals surface area contributed by atoms with Gasteiger partial charge in [0.1, 0.15) is 18.5 Å². The molecule has 1 saturated carbocycles. The molecule has 1 aromatic rings. The van der Waals surface area contributed by atoms with Gasteiger partial charge in [0.2, 0.25) is 0 Å². The van der Waals surface area contributed by atoms with Crippen molar-refractivity contribution in [1.82, 2.24) is 4.90 Å². The summed E-state index contributed by atoms with van der Waals surface area (Å²) in [5, 5.41) is 10.0. The van der Waals surface area contributed by atoms with E-state index in [2.05, 4.69) is 11.8 Å². The molecule has 0 heterocycles. The molecular weight excluding hydrogens is 240 g/mol. The molecule has 1 fully saturated rings. The Morgan fingerprint density at radius 1 is 1.37 bits per heavy atom. The van der Waals surface area contributed by atoms with Crippen LogP contribution in [0.25, 0.3) is 0 Å². The summed E-state index contributed by atoms with van der Waals surface area (Å²) in [6.45, 7) is 4.26. The third kappa shape index (κ3) is 4.73. The Labute approximate surface area is 115 Å². The highest BCUT2D eigenvalue weighted by Gasteiger charge is 2.29. The lowest BCUT2D eigenvalue weighted by atomic mass is 10.3. The summed E-state index contributed by atoms with van der Waals surface area (Å²) in [5.74, 6) is 0.752. The van der Waals surface area contributed by atoms with Crippen LogP contribution < -0.4 is 10.5 Å². The minimum atomic E-state index is -0.440. The molecule has 1 aliphatic rings. The quantitative estimate of drug-likeness (QED) is 0.704. The lowest BCUT2D eigenvalue weighted by Crippen LogP contribution is -2.37. The van der Waals surface area contributed by atoms with Gasteiger partial charge in [-0.3, -0.25) is 4.90 Å². The normalized spacial score (nSPS) is 16.6. The zero-order valence-corrected chi connectivity index (χ0v) is 11.6. The van der Waals surface area contributed by atoms with E-state index in [1.807, 2.05) is 12.1 Å². The van der Waals surface area contributed by atoms with Crippen molar-refractivity contribution in [3.8, 4) is 5.75 Å². The molecule has 1 unspecified atom stereocenters. The maximum absolute atomic E-state index is 10.0. The van der Waals surface area contributed by atoms with E-state index in [1.54, 1.807) is 12.1 Å². The van der Waals surface area contributed by atoms with Gasteiger partial charge in [-0.1, -0.05) is 6.92 Å². The topological polar surface area (TPSA) is 58.7 Å². The van der Waals surface area contributed by atoms with E-state index in [0.717, 1.165) is 24.4 Å². The monoisotopic (exact) mass is 264 g/mol. The van der Waals surface area contributed by atoms with Crippen LogP contribution in [-0.2, 0) is 0 Å². The van der Waals surface area contributed by atoms with E-state index in [9.17, 15) is 5.11 Å². The predicted octanol–water partition coefficient (Wildman–Crippen LogP) is 1.88. The Morgan fingerprint density at radius 3 is 2.63 bits per heavy atom. The van der Waals surface area contributed by atoms with Gasteiger partial charge < -0.3 is 15.6 Å². The molecule has 1 atom stereocenters. The van der Waals surface area contributed by atoms with Gasteiger partial charge in [0.25, 0.3) is 0 Å². The second-order valence-electron chi connectivity index (χ2n) is 5.26. The van der Waals surface area contributed by atoms with Crippen molar-refractivity contribution in [3.05, 3.63) is 24.3 Å². The Kier molecular flexibility index (Phi) is 5.05. The third-order valence-corrected chi connectivity index (χ3v) is 3.34. The van der Waals surface area contributed by atoms with E-state index >= 15 is 0 Å². The molecule has 0 spiro atoms. The minimum absolute atomic E-state index is 0.330. The van der Waals surface area contributed by atoms with Crippen LogP contribution in [-0.4, -0.2) is 41.8 Å². The second-order valence-corrected chi connectivity index (χ2v) is 5.26. The molecule has 4 nitrogen and oxygen atoms in total. The molecule has 1 aromatic carbocycles. The van der Waals surface area contributed by atoms with Crippen molar-refractivity contribution in [2.45, 2.75) is 38.3 Å². The Morgan fingerprint density at radius 2 is 2.05 bits per heavy atom. The van der Waals surface area contributed by atoms with Gasteiger partial charge in [-0.05, 0) is 50.1 Å². The van der Waals surface area contributed by atoms with Crippen molar-refractivity contribution in [2.75, 3.05) is 25.4 Å². The maximum Gasteiger partial charge on any atom is 0.119 e. The Balaban J connectivity index is 1.73. The van der Waals surface area contributed by atoms with Gasteiger partial charge in [0, 0.05) is 18.3 Å². The number of anilines is 1. The largest absolute Gasteiger partial charge is 0.491 e. The van der Waals surface area contributed by atoms with Crippen molar-refractivity contribution in [3.63, 3.8) is 0 Å². The number of nitrogen functional groups attached to an aromatic ring is 1. The SMILES string of the molecule is CCCN(CC(O)COc1ccc(N)cc1)C1CC1. The molecule has 0 radical (unpaired) electrons. The number of rotatable bonds is 8. The fraction of sp³-hybridized carbons (Fsp3) is 0.600. The number of nitrogens with two attached hydrogens (primary N) is 1. The van der Waals surface area contributed by atoms with Crippen molar-refractivity contribution in [1.29, 1.82) is 0 Å². The summed E-state index contributed by atoms with van der Waals surface area (Å²) in [6.07, 6.45) is 3.23. The number of hydrogen-bond donors (Lipinski definition) is 2. The molecule has 0 saturated heterocycles. The number of nitrogens with zero attached hydrogens (tertiary/aromatic N) is 1. The fourth-order valence-corrected chi connectivity index (χ4v) is 2.23. The minimum Gasteiger partial charge on any atom is -0.491 e. The summed E-state index contributed by atoms with van der Waals surface area (Å²) in [5.41, 5.74) is 6.33. The zero-order chi connectivity index (χ0) is 13.7. The first-order valence-electron chi connectivity index (χ1n) is 7.09. The number of benzene rings is 1. The van der Waals surface area contributed by atoms with E-state index in [1.165, 1.54) is 12.8 Å². The van der Waals surface area contributed by atoms with Crippen LogP contribution >= 0.6 is 0 Å². The lowest BCUT2D eigenvalue weighted by Gasteiger charge is -2.24. The van der Waals surface area contributed by atoms with E-state index in [4.69, 9.17) is 10.5 Å². The summed E-state index contributed by atoms with van der Waals surface area (Å²) >= 11 is 0. The molecule has 0 amide bonds. The molecule has 4 heteroatoms. The predicted molar refractivity (Wildman–Crippen MR) is 77.2 cm³/mol. The molecule has 106 valence electrons. The molecule has 2 rings (SSSR count). The number of ether oxygens (including phenoxy) is 1. The van der Waals surface area contributed by atoms with Crippen molar-refractivity contribution < 1.29 is 9.84 Å². The van der Waals surface area contributed by atoms with Crippen LogP contribution in [0.2, 0.25) is 0 Å². The smallest absolute Gasteiger partial charge is 0.119 e. The molecule has 0 aliphatic heterocycles. The molecule has 1 aliphatic carbocycles. The first-order valence-corrected chi connectivity index (χ1v) is 7.09. The fourth-order valence-electron chi connectivity index (χ4n) is 2.23. The third-order valence-electron chi connectivity index (χ3n) is 3.34. The van der Waals surface area contributed by atoms with Crippen molar-refractivity contribution >= 4 is 5.69 Å². The molecular formula is C15H24N2O2. The van der Waals surface area contributed by atoms with Crippen LogP contribution in [0.5, 0.6) is 5.75 Å². The number of aliphatic hydroxyl groups is 1. The standard InChI is InChI=1S/C15H24N2O2/c1-2-9-17(13-5-6-13)10-14(18)11-19-15-7-3-12(16)4-8-15/h3-4,7-8,13-14,18H,2,5-6,9-11,16H2,1H3. The first-order chi connectivity index (χ1) is 9.19. The molecule has 19 heavy (non-hydrogen) atoms. The highest BCUT2D eigenvalue weighted by atomic mass is 16.5. The van der Waals surface area contributed by atoms with Gasteiger partial charge in [-0.25, -0.2) is 0 Å². The van der Waals surface area contributed by atoms with Crippen molar-refractivity contribution in [2.24, 2.45) is 0 Å². The first kappa shape index (κ1) is 14.2. The average Bonchev–Trinajstić information content (AvgIpc) is 3.22. The molecule has 0 aromatic heterocycles. The zero-order valence-electron chi connectivity index (χ0n) is 11.6. The maximum atomic E-state index is 10.0. The van der Waals surface area contributed by atoms with E-state index in [-0.39, 0.29) is 0 Å². The summed E-state index contributed by atoms with van der Waals surface area (Å²) in [6, 6.07) is 7.94. The van der Waals surface area contributed by atoms with Crippen LogP contribution in [0.15, 0.2) is 24.3 Å². The Bertz CT molecular complexity index is 376. The van der Waals surface area contributed by atoms with E-state index < -0.39 is 6.10 Å². The van der Waals surface area contributed by atoms with Crippen LogP contribution in [0.1, 0.15) is 26.2 Å². The van der Waals surface area contributed by atoms with Gasteiger partial charge in [0.15, 0.2) is 0 Å². The molecule has 3 N–H and O–H groups in total. The van der Waals surface area contributed by atoms with Gasteiger partial charge >= 0.3 is 0 Å². The second kappa shape index (κ2) is 6.78. The number of aliphatic hydroxyl groups excluding tert-OH is 1. The Hall–Kier alpha value is -1.26. The van der Waals surface area contributed by atoms with Crippen LogP contribution in [0, 0.1) is 0 Å². The van der Waals surface area contributed by atoms with Crippen LogP contribution in [0.4, 0.5) is 5.69 Å². The molecule has 0 bridgehead atoms.